The minimum Gasteiger partial charge on any atom is -0.490 e. The number of rotatable bonds is 6. The van der Waals surface area contributed by atoms with Crippen LogP contribution in [0.5, 0.6) is 5.75 Å². The van der Waals surface area contributed by atoms with Crippen molar-refractivity contribution >= 4 is 32.9 Å². The van der Waals surface area contributed by atoms with Gasteiger partial charge in [-0.1, -0.05) is 30.3 Å². The Labute approximate surface area is 217 Å². The molecule has 200 valence electrons. The molecule has 0 atom stereocenters. The number of nitrogens with zero attached hydrogens (tertiary/aromatic N) is 2. The number of benzene rings is 2. The summed E-state index contributed by atoms with van der Waals surface area (Å²) in [6, 6.07) is 14.3. The molecule has 1 aromatic heterocycles. The topological polar surface area (TPSA) is 104 Å². The Kier molecular flexibility index (Phi) is 7.92. The van der Waals surface area contributed by atoms with Gasteiger partial charge in [0.15, 0.2) is 5.03 Å². The fourth-order valence-electron chi connectivity index (χ4n) is 3.45. The zero-order valence-electron chi connectivity index (χ0n) is 22.3. The zero-order valence-corrected chi connectivity index (χ0v) is 23.1. The number of amides is 1. The number of likely N-dealkylation sites (N-methyl/N-ethyl adjacent to an activating group) is 1. The summed E-state index contributed by atoms with van der Waals surface area (Å²) >= 11 is 0. The van der Waals surface area contributed by atoms with E-state index in [1.165, 1.54) is 23.1 Å². The van der Waals surface area contributed by atoms with Crippen LogP contribution in [0.2, 0.25) is 0 Å². The van der Waals surface area contributed by atoms with E-state index in [1.807, 2.05) is 0 Å². The van der Waals surface area contributed by atoms with Gasteiger partial charge in [-0.3, -0.25) is 0 Å². The smallest absolute Gasteiger partial charge is 0.420 e. The maximum Gasteiger partial charge on any atom is 0.420 e. The molecule has 0 aliphatic heterocycles. The number of hydrogen-bond donors (Lipinski definition) is 0. The third-order valence-corrected chi connectivity index (χ3v) is 6.79. The number of para-hydroxylation sites is 1. The van der Waals surface area contributed by atoms with Crippen molar-refractivity contribution in [3.63, 3.8) is 0 Å². The van der Waals surface area contributed by atoms with E-state index in [1.54, 1.807) is 85.0 Å². The molecule has 3 rings (SSSR count). The summed E-state index contributed by atoms with van der Waals surface area (Å²) in [6.45, 7) is 10.7. The van der Waals surface area contributed by atoms with E-state index < -0.39 is 33.2 Å². The maximum absolute atomic E-state index is 13.6. The largest absolute Gasteiger partial charge is 0.490 e. The van der Waals surface area contributed by atoms with Crippen LogP contribution in [0.15, 0.2) is 64.5 Å². The molecule has 0 N–H and O–H groups in total. The number of fused-ring (bicyclic) bond motifs is 1. The zero-order chi connectivity index (χ0) is 27.6. The van der Waals surface area contributed by atoms with Crippen molar-refractivity contribution in [2.75, 3.05) is 20.2 Å². The van der Waals surface area contributed by atoms with Gasteiger partial charge in [0, 0.05) is 12.4 Å². The molecule has 0 unspecified atom stereocenters. The minimum atomic E-state index is -4.07. The normalized spacial score (nSPS) is 12.3. The Morgan fingerprint density at radius 3 is 2.11 bits per heavy atom. The summed E-state index contributed by atoms with van der Waals surface area (Å²) in [5, 5.41) is 0.253. The molecule has 0 fully saturated rings. The van der Waals surface area contributed by atoms with E-state index >= 15 is 0 Å². The summed E-state index contributed by atoms with van der Waals surface area (Å²) < 4.78 is 45.1. The Morgan fingerprint density at radius 1 is 0.892 bits per heavy atom. The van der Waals surface area contributed by atoms with Gasteiger partial charge in [0.25, 0.3) is 0 Å². The summed E-state index contributed by atoms with van der Waals surface area (Å²) in [5.41, 5.74) is -1.24. The second-order valence-corrected chi connectivity index (χ2v) is 12.5. The van der Waals surface area contributed by atoms with Crippen LogP contribution in [-0.4, -0.2) is 61.5 Å². The van der Waals surface area contributed by atoms with Gasteiger partial charge in [-0.25, -0.2) is 22.6 Å². The molecule has 0 bridgehead atoms. The highest BCUT2D eigenvalue weighted by molar-refractivity contribution is 7.91. The molecule has 0 radical (unpaired) electrons. The second kappa shape index (κ2) is 10.5. The minimum absolute atomic E-state index is 0.0454. The quantitative estimate of drug-likeness (QED) is 0.414. The molecule has 2 aromatic carbocycles. The summed E-state index contributed by atoms with van der Waals surface area (Å²) in [5.74, 6) is 0.274. The molecule has 0 saturated carbocycles. The van der Waals surface area contributed by atoms with Crippen LogP contribution in [0.3, 0.4) is 0 Å². The van der Waals surface area contributed by atoms with E-state index in [-0.39, 0.29) is 34.3 Å². The van der Waals surface area contributed by atoms with Crippen LogP contribution < -0.4 is 4.74 Å². The number of aromatic nitrogens is 1. The number of carbonyl (C=O) groups excluding carboxylic acids is 2. The van der Waals surface area contributed by atoms with Crippen molar-refractivity contribution in [1.29, 1.82) is 0 Å². The summed E-state index contributed by atoms with van der Waals surface area (Å²) in [6.07, 6.45) is -1.35. The predicted molar refractivity (Wildman–Crippen MR) is 140 cm³/mol. The van der Waals surface area contributed by atoms with Gasteiger partial charge in [0.2, 0.25) is 9.84 Å². The third-order valence-electron chi connectivity index (χ3n) is 5.05. The van der Waals surface area contributed by atoms with Crippen LogP contribution in [0.25, 0.3) is 10.9 Å². The molecule has 0 spiro atoms. The van der Waals surface area contributed by atoms with Crippen LogP contribution in [0.1, 0.15) is 41.5 Å². The van der Waals surface area contributed by atoms with Crippen molar-refractivity contribution < 1.29 is 32.2 Å². The summed E-state index contributed by atoms with van der Waals surface area (Å²) in [4.78, 5) is 27.0. The Bertz CT molecular complexity index is 1380. The van der Waals surface area contributed by atoms with Gasteiger partial charge in [0.05, 0.1) is 11.4 Å². The van der Waals surface area contributed by atoms with Gasteiger partial charge < -0.3 is 19.1 Å². The average molecular weight is 531 g/mol. The first kappa shape index (κ1) is 28.0. The van der Waals surface area contributed by atoms with Gasteiger partial charge >= 0.3 is 12.2 Å². The average Bonchev–Trinajstić information content (AvgIpc) is 3.19. The highest BCUT2D eigenvalue weighted by atomic mass is 32.2. The standard InChI is InChI=1S/C27H34N2O7S/c1-26(2,3)35-24(30)28(7)16-17-34-21-15-11-12-19-18-22(37(32,33)20-13-9-8-10-14-20)29(23(19)21)25(31)36-27(4,5)6/h8-15,18H,16-17H2,1-7H3. The summed E-state index contributed by atoms with van der Waals surface area (Å²) in [7, 11) is -2.49. The molecule has 1 amide bonds. The van der Waals surface area contributed by atoms with Crippen molar-refractivity contribution in [2.24, 2.45) is 0 Å². The van der Waals surface area contributed by atoms with Gasteiger partial charge in [-0.15, -0.1) is 0 Å². The first-order chi connectivity index (χ1) is 17.1. The van der Waals surface area contributed by atoms with Gasteiger partial charge in [0.1, 0.15) is 29.1 Å². The predicted octanol–water partition coefficient (Wildman–Crippen LogP) is 5.50. The lowest BCUT2D eigenvalue weighted by molar-refractivity contribution is 0.0278. The SMILES string of the molecule is CN(CCOc1cccc2cc(S(=O)(=O)c3ccccc3)n(C(=O)OC(C)(C)C)c12)C(=O)OC(C)(C)C. The van der Waals surface area contributed by atoms with Crippen LogP contribution in [0, 0.1) is 0 Å². The molecular formula is C27H34N2O7S. The Morgan fingerprint density at radius 2 is 1.51 bits per heavy atom. The molecular weight excluding hydrogens is 496 g/mol. The van der Waals surface area contributed by atoms with E-state index in [2.05, 4.69) is 0 Å². The highest BCUT2D eigenvalue weighted by Crippen LogP contribution is 2.34. The molecule has 10 heteroatoms. The Balaban J connectivity index is 2.02. The lowest BCUT2D eigenvalue weighted by atomic mass is 10.2. The second-order valence-electron chi connectivity index (χ2n) is 10.6. The van der Waals surface area contributed by atoms with Crippen molar-refractivity contribution in [3.8, 4) is 5.75 Å². The van der Waals surface area contributed by atoms with Gasteiger partial charge in [-0.2, -0.15) is 0 Å². The molecule has 9 nitrogen and oxygen atoms in total. The monoisotopic (exact) mass is 530 g/mol. The molecule has 1 heterocycles. The lowest BCUT2D eigenvalue weighted by Gasteiger charge is -2.24. The fraction of sp³-hybridized carbons (Fsp3) is 0.407. The molecule has 0 aliphatic rings. The van der Waals surface area contributed by atoms with Gasteiger partial charge in [-0.05, 0) is 65.8 Å². The van der Waals surface area contributed by atoms with Crippen molar-refractivity contribution in [3.05, 3.63) is 54.6 Å². The van der Waals surface area contributed by atoms with Crippen LogP contribution >= 0.6 is 0 Å². The fourth-order valence-corrected chi connectivity index (χ4v) is 4.90. The number of ether oxygens (including phenoxy) is 3. The molecule has 0 saturated heterocycles. The molecule has 37 heavy (non-hydrogen) atoms. The van der Waals surface area contributed by atoms with Crippen molar-refractivity contribution in [1.82, 2.24) is 9.47 Å². The first-order valence-electron chi connectivity index (χ1n) is 11.8. The number of carbonyl (C=O) groups is 2. The molecule has 3 aromatic rings. The maximum atomic E-state index is 13.6. The number of sulfone groups is 1. The van der Waals surface area contributed by atoms with E-state index in [0.717, 1.165) is 4.57 Å². The molecule has 0 aliphatic carbocycles. The third kappa shape index (κ3) is 6.82. The Hall–Kier alpha value is -3.53. The van der Waals surface area contributed by atoms with Crippen LogP contribution in [-0.2, 0) is 19.3 Å². The van der Waals surface area contributed by atoms with Crippen LogP contribution in [0.4, 0.5) is 9.59 Å². The highest BCUT2D eigenvalue weighted by Gasteiger charge is 2.31. The van der Waals surface area contributed by atoms with E-state index in [4.69, 9.17) is 14.2 Å². The number of hydrogen-bond acceptors (Lipinski definition) is 7. The first-order valence-corrected chi connectivity index (χ1v) is 13.3. The van der Waals surface area contributed by atoms with Crippen molar-refractivity contribution in [2.45, 2.75) is 62.7 Å². The van der Waals surface area contributed by atoms with E-state index in [9.17, 15) is 18.0 Å². The van der Waals surface area contributed by atoms with E-state index in [0.29, 0.717) is 5.39 Å². The lowest BCUT2D eigenvalue weighted by Crippen LogP contribution is -2.36.